The van der Waals surface area contributed by atoms with Crippen molar-refractivity contribution in [1.29, 1.82) is 0 Å². The Morgan fingerprint density at radius 3 is 1.54 bits per heavy atom. The van der Waals surface area contributed by atoms with Crippen molar-refractivity contribution in [2.24, 2.45) is 11.5 Å². The summed E-state index contributed by atoms with van der Waals surface area (Å²) in [5, 5.41) is -1.54. The molecule has 1 heterocycles. The van der Waals surface area contributed by atoms with Gasteiger partial charge in [-0.25, -0.2) is 0 Å². The number of hydrogen-bond acceptors (Lipinski definition) is 4. The van der Waals surface area contributed by atoms with E-state index < -0.39 is 10.5 Å². The molecule has 1 rings (SSSR count). The fraction of sp³-hybridized carbons (Fsp3) is 0. The van der Waals surface area contributed by atoms with Gasteiger partial charge in [0.25, 0.3) is 10.5 Å². The number of primary amides is 2. The molecule has 2 amide bonds. The van der Waals surface area contributed by atoms with Crippen molar-refractivity contribution < 1.29 is 9.59 Å². The Morgan fingerprint density at radius 2 is 1.46 bits per heavy atom. The lowest BCUT2D eigenvalue weighted by Crippen LogP contribution is -2.11. The maximum absolute atomic E-state index is 9.69. The molecule has 1 aromatic heterocycles. The molecule has 0 bridgehead atoms. The van der Waals surface area contributed by atoms with E-state index in [1.807, 2.05) is 18.2 Å². The van der Waals surface area contributed by atoms with Crippen LogP contribution in [-0.2, 0) is 0 Å². The van der Waals surface area contributed by atoms with Crippen molar-refractivity contribution in [2.45, 2.75) is 0 Å². The van der Waals surface area contributed by atoms with Crippen LogP contribution in [0.1, 0.15) is 0 Å². The molecule has 5 nitrogen and oxygen atoms in total. The largest absolute Gasteiger partial charge is 0.360 e. The highest BCUT2D eigenvalue weighted by Gasteiger charge is 1.97. The summed E-state index contributed by atoms with van der Waals surface area (Å²) in [6.07, 6.45) is 3.50. The van der Waals surface area contributed by atoms with Gasteiger partial charge in [-0.05, 0) is 12.1 Å². The summed E-state index contributed by atoms with van der Waals surface area (Å²) in [5.74, 6) is 0. The average molecular weight is 199 g/mol. The predicted molar refractivity (Wildman–Crippen MR) is 51.0 cm³/mol. The van der Waals surface area contributed by atoms with Crippen molar-refractivity contribution in [3.8, 4) is 0 Å². The van der Waals surface area contributed by atoms with Gasteiger partial charge in [-0.1, -0.05) is 6.07 Å². The lowest BCUT2D eigenvalue weighted by molar-refractivity contribution is 0.264. The maximum atomic E-state index is 9.69. The van der Waals surface area contributed by atoms with Gasteiger partial charge in [0, 0.05) is 24.2 Å². The zero-order valence-corrected chi connectivity index (χ0v) is 7.53. The Hall–Kier alpha value is -1.56. The van der Waals surface area contributed by atoms with Crippen LogP contribution in [0.25, 0.3) is 0 Å². The SMILES string of the molecule is NC(=O)SC(N)=O.c1ccncc1. The fourth-order valence-corrected chi connectivity index (χ4v) is 0.610. The molecule has 0 aliphatic rings. The van der Waals surface area contributed by atoms with Crippen LogP contribution >= 0.6 is 11.8 Å². The van der Waals surface area contributed by atoms with Crippen molar-refractivity contribution in [3.05, 3.63) is 30.6 Å². The van der Waals surface area contributed by atoms with E-state index in [2.05, 4.69) is 16.5 Å². The lowest BCUT2D eigenvalue weighted by atomic mass is 10.5. The Balaban J connectivity index is 0.000000223. The molecule has 0 spiro atoms. The molecule has 0 aliphatic carbocycles. The van der Waals surface area contributed by atoms with Crippen molar-refractivity contribution in [3.63, 3.8) is 0 Å². The number of hydrogen-bond donors (Lipinski definition) is 2. The summed E-state index contributed by atoms with van der Waals surface area (Å²) in [7, 11) is 0. The first kappa shape index (κ1) is 11.4. The molecule has 70 valence electrons. The van der Waals surface area contributed by atoms with Crippen LogP contribution < -0.4 is 11.5 Å². The number of carbonyl (C=O) groups is 2. The van der Waals surface area contributed by atoms with Gasteiger partial charge in [-0.15, -0.1) is 0 Å². The third-order valence-corrected chi connectivity index (χ3v) is 1.17. The third kappa shape index (κ3) is 10.4. The van der Waals surface area contributed by atoms with Gasteiger partial charge in [-0.2, -0.15) is 0 Å². The number of nitrogens with zero attached hydrogens (tertiary/aromatic N) is 1. The van der Waals surface area contributed by atoms with Crippen LogP contribution in [0.4, 0.5) is 9.59 Å². The number of carbonyl (C=O) groups excluding carboxylic acids is 2. The molecule has 0 aromatic carbocycles. The highest BCUT2D eigenvalue weighted by Crippen LogP contribution is 1.95. The summed E-state index contributed by atoms with van der Waals surface area (Å²) < 4.78 is 0. The Bertz CT molecular complexity index is 227. The summed E-state index contributed by atoms with van der Waals surface area (Å²) in [6.45, 7) is 0. The van der Waals surface area contributed by atoms with Crippen molar-refractivity contribution >= 4 is 22.2 Å². The van der Waals surface area contributed by atoms with Gasteiger partial charge < -0.3 is 11.5 Å². The quantitative estimate of drug-likeness (QED) is 0.650. The molecular weight excluding hydrogens is 190 g/mol. The van der Waals surface area contributed by atoms with Crippen LogP contribution in [0.3, 0.4) is 0 Å². The zero-order chi connectivity index (χ0) is 10.1. The van der Waals surface area contributed by atoms with Crippen LogP contribution in [0, 0.1) is 0 Å². The number of aromatic nitrogens is 1. The smallest absolute Gasteiger partial charge is 0.285 e. The molecule has 0 atom stereocenters. The van der Waals surface area contributed by atoms with Crippen molar-refractivity contribution in [2.75, 3.05) is 0 Å². The van der Waals surface area contributed by atoms with E-state index >= 15 is 0 Å². The summed E-state index contributed by atoms with van der Waals surface area (Å²) in [6, 6.07) is 5.72. The average Bonchev–Trinajstić information content (AvgIpc) is 2.06. The molecule has 0 fully saturated rings. The monoisotopic (exact) mass is 199 g/mol. The molecule has 1 aromatic rings. The highest BCUT2D eigenvalue weighted by atomic mass is 32.2. The number of thioether (sulfide) groups is 1. The van der Waals surface area contributed by atoms with Crippen LogP contribution in [-0.4, -0.2) is 15.5 Å². The molecule has 0 aliphatic heterocycles. The first-order valence-corrected chi connectivity index (χ1v) is 4.06. The Morgan fingerprint density at radius 1 is 1.00 bits per heavy atom. The Kier molecular flexibility index (Phi) is 6.26. The second-order valence-corrected chi connectivity index (χ2v) is 2.77. The molecule has 0 radical (unpaired) electrons. The van der Waals surface area contributed by atoms with Gasteiger partial charge in [0.05, 0.1) is 0 Å². The lowest BCUT2D eigenvalue weighted by Gasteiger charge is -1.81. The minimum Gasteiger partial charge on any atom is -0.360 e. The van der Waals surface area contributed by atoms with E-state index in [0.717, 1.165) is 0 Å². The van der Waals surface area contributed by atoms with Crippen LogP contribution in [0.15, 0.2) is 30.6 Å². The number of pyridine rings is 1. The maximum Gasteiger partial charge on any atom is 0.285 e. The molecule has 4 N–H and O–H groups in total. The third-order valence-electron chi connectivity index (χ3n) is 0.768. The molecular formula is C7H9N3O2S. The highest BCUT2D eigenvalue weighted by molar-refractivity contribution is 8.25. The zero-order valence-electron chi connectivity index (χ0n) is 6.71. The fourth-order valence-electron chi connectivity index (χ4n) is 0.412. The number of amides is 2. The van der Waals surface area contributed by atoms with Gasteiger partial charge in [0.1, 0.15) is 0 Å². The second-order valence-electron chi connectivity index (χ2n) is 1.76. The molecule has 0 saturated carbocycles. The van der Waals surface area contributed by atoms with E-state index in [4.69, 9.17) is 0 Å². The van der Waals surface area contributed by atoms with E-state index in [1.54, 1.807) is 12.4 Å². The molecule has 6 heteroatoms. The van der Waals surface area contributed by atoms with E-state index in [-0.39, 0.29) is 11.8 Å². The van der Waals surface area contributed by atoms with Gasteiger partial charge in [0.2, 0.25) is 0 Å². The number of rotatable bonds is 0. The standard InChI is InChI=1S/C5H5N.C2H4N2O2S/c1-2-4-6-5-3-1;3-1(5)7-2(4)6/h1-5H;(H2,3,5)(H2,4,6). The van der Waals surface area contributed by atoms with E-state index in [9.17, 15) is 9.59 Å². The summed E-state index contributed by atoms with van der Waals surface area (Å²) >= 11 is 0.287. The summed E-state index contributed by atoms with van der Waals surface area (Å²) in [4.78, 5) is 23.2. The van der Waals surface area contributed by atoms with Gasteiger partial charge in [0.15, 0.2) is 0 Å². The molecule has 13 heavy (non-hydrogen) atoms. The minimum absolute atomic E-state index is 0.287. The minimum atomic E-state index is -0.771. The first-order chi connectivity index (χ1) is 6.13. The molecule has 0 saturated heterocycles. The Labute approximate surface area is 79.5 Å². The molecule has 0 unspecified atom stereocenters. The van der Waals surface area contributed by atoms with Crippen LogP contribution in [0.5, 0.6) is 0 Å². The van der Waals surface area contributed by atoms with E-state index in [0.29, 0.717) is 0 Å². The second kappa shape index (κ2) is 7.11. The first-order valence-electron chi connectivity index (χ1n) is 3.24. The van der Waals surface area contributed by atoms with E-state index in [1.165, 1.54) is 0 Å². The summed E-state index contributed by atoms with van der Waals surface area (Å²) in [5.41, 5.74) is 9.03. The van der Waals surface area contributed by atoms with Gasteiger partial charge >= 0.3 is 0 Å². The van der Waals surface area contributed by atoms with Crippen LogP contribution in [0.2, 0.25) is 0 Å². The topological polar surface area (TPSA) is 99.1 Å². The predicted octanol–water partition coefficient (Wildman–Crippen LogP) is 0.959. The normalized spacial score (nSPS) is 8.00. The van der Waals surface area contributed by atoms with Crippen molar-refractivity contribution in [1.82, 2.24) is 4.98 Å². The number of nitrogens with two attached hydrogens (primary N) is 2. The van der Waals surface area contributed by atoms with Gasteiger partial charge in [-0.3, -0.25) is 14.6 Å².